The van der Waals surface area contributed by atoms with E-state index in [2.05, 4.69) is 27.3 Å². The number of likely N-dealkylation sites (tertiary alicyclic amines) is 1. The fourth-order valence-electron chi connectivity index (χ4n) is 4.27. The van der Waals surface area contributed by atoms with Crippen molar-refractivity contribution in [3.63, 3.8) is 0 Å². The van der Waals surface area contributed by atoms with Gasteiger partial charge in [0.25, 0.3) is 5.56 Å². The van der Waals surface area contributed by atoms with Crippen molar-refractivity contribution in [2.45, 2.75) is 51.6 Å². The van der Waals surface area contributed by atoms with E-state index in [-0.39, 0.29) is 17.5 Å². The lowest BCUT2D eigenvalue weighted by Crippen LogP contribution is -2.43. The van der Waals surface area contributed by atoms with Crippen LogP contribution in [0.2, 0.25) is 0 Å². The molecule has 5 heteroatoms. The molecule has 0 spiro atoms. The fourth-order valence-corrected chi connectivity index (χ4v) is 4.27. The van der Waals surface area contributed by atoms with Crippen LogP contribution in [0.1, 0.15) is 42.9 Å². The van der Waals surface area contributed by atoms with Crippen LogP contribution in [-0.2, 0) is 24.2 Å². The van der Waals surface area contributed by atoms with Crippen LogP contribution in [0.4, 0.5) is 0 Å². The van der Waals surface area contributed by atoms with E-state index in [9.17, 15) is 9.59 Å². The van der Waals surface area contributed by atoms with Gasteiger partial charge in [-0.05, 0) is 80.3 Å². The van der Waals surface area contributed by atoms with Crippen LogP contribution in [0, 0.1) is 0 Å². The topological polar surface area (TPSA) is 65.2 Å². The molecule has 1 fully saturated rings. The lowest BCUT2D eigenvalue weighted by molar-refractivity contribution is -0.125. The van der Waals surface area contributed by atoms with Crippen molar-refractivity contribution in [3.05, 3.63) is 45.2 Å². The van der Waals surface area contributed by atoms with Crippen molar-refractivity contribution < 1.29 is 4.79 Å². The summed E-state index contributed by atoms with van der Waals surface area (Å²) in [6.07, 6.45) is 5.30. The van der Waals surface area contributed by atoms with Gasteiger partial charge >= 0.3 is 0 Å². The van der Waals surface area contributed by atoms with Gasteiger partial charge in [0.15, 0.2) is 0 Å². The summed E-state index contributed by atoms with van der Waals surface area (Å²) in [4.78, 5) is 30.0. The third-order valence-electron chi connectivity index (χ3n) is 5.52. The number of nitrogens with one attached hydrogen (secondary N) is 2. The monoisotopic (exact) mass is 339 g/mol. The molecule has 2 aliphatic rings. The summed E-state index contributed by atoms with van der Waals surface area (Å²) in [5, 5.41) is 4.01. The number of nitrogens with zero attached hydrogens (tertiary/aromatic N) is 1. The molecule has 2 heterocycles. The Morgan fingerprint density at radius 3 is 2.84 bits per heavy atom. The largest absolute Gasteiger partial charge is 0.355 e. The van der Waals surface area contributed by atoms with Crippen molar-refractivity contribution in [1.82, 2.24) is 15.2 Å². The molecule has 0 radical (unpaired) electrons. The van der Waals surface area contributed by atoms with E-state index in [0.717, 1.165) is 48.7 Å². The first-order valence-corrected chi connectivity index (χ1v) is 9.35. The molecule has 1 aromatic carbocycles. The minimum absolute atomic E-state index is 0.0352. The fraction of sp³-hybridized carbons (Fsp3) is 0.500. The second-order valence-corrected chi connectivity index (χ2v) is 7.21. The van der Waals surface area contributed by atoms with Crippen LogP contribution in [0.5, 0.6) is 0 Å². The first-order chi connectivity index (χ1) is 12.2. The van der Waals surface area contributed by atoms with Crippen LogP contribution < -0.4 is 10.9 Å². The molecule has 0 saturated carbocycles. The van der Waals surface area contributed by atoms with E-state index in [0.29, 0.717) is 13.1 Å². The van der Waals surface area contributed by atoms with E-state index in [1.807, 2.05) is 13.0 Å². The highest BCUT2D eigenvalue weighted by Crippen LogP contribution is 2.27. The van der Waals surface area contributed by atoms with E-state index < -0.39 is 0 Å². The molecule has 1 aliphatic heterocycles. The Kier molecular flexibility index (Phi) is 4.34. The Bertz CT molecular complexity index is 871. The maximum atomic E-state index is 12.5. The molecular weight excluding hydrogens is 314 g/mol. The Morgan fingerprint density at radius 1 is 1.24 bits per heavy atom. The lowest BCUT2D eigenvalue weighted by atomic mass is 10.0. The quantitative estimate of drug-likeness (QED) is 0.897. The smallest absolute Gasteiger partial charge is 0.252 e. The number of aromatic nitrogens is 1. The average Bonchev–Trinajstić information content (AvgIpc) is 3.22. The van der Waals surface area contributed by atoms with Crippen LogP contribution >= 0.6 is 0 Å². The van der Waals surface area contributed by atoms with Crippen LogP contribution in [0.3, 0.4) is 0 Å². The normalized spacial score (nSPS) is 20.1. The minimum atomic E-state index is -0.116. The van der Waals surface area contributed by atoms with E-state index in [4.69, 9.17) is 0 Å². The molecule has 1 saturated heterocycles. The molecular formula is C20H25N3O2. The van der Waals surface area contributed by atoms with Crippen molar-refractivity contribution in [2.75, 3.05) is 13.1 Å². The number of hydrogen-bond donors (Lipinski definition) is 2. The molecule has 5 nitrogen and oxygen atoms in total. The minimum Gasteiger partial charge on any atom is -0.355 e. The van der Waals surface area contributed by atoms with Gasteiger partial charge in [-0.1, -0.05) is 0 Å². The van der Waals surface area contributed by atoms with E-state index >= 15 is 0 Å². The molecule has 2 N–H and O–H groups in total. The summed E-state index contributed by atoms with van der Waals surface area (Å²) >= 11 is 0. The molecule has 0 unspecified atom stereocenters. The summed E-state index contributed by atoms with van der Waals surface area (Å²) in [6, 6.07) is 6.26. The number of likely N-dealkylation sites (N-methyl/N-ethyl adjacent to an activating group) is 1. The highest BCUT2D eigenvalue weighted by atomic mass is 16.2. The van der Waals surface area contributed by atoms with Crippen molar-refractivity contribution in [3.8, 4) is 0 Å². The maximum absolute atomic E-state index is 12.5. The average molecular weight is 339 g/mol. The van der Waals surface area contributed by atoms with Gasteiger partial charge in [0.05, 0.1) is 6.04 Å². The molecule has 4 rings (SSSR count). The summed E-state index contributed by atoms with van der Waals surface area (Å²) < 4.78 is 0. The van der Waals surface area contributed by atoms with Crippen LogP contribution in [-0.4, -0.2) is 34.9 Å². The molecule has 0 bridgehead atoms. The van der Waals surface area contributed by atoms with Crippen molar-refractivity contribution in [1.29, 1.82) is 0 Å². The molecule has 1 amide bonds. The van der Waals surface area contributed by atoms with Gasteiger partial charge < -0.3 is 10.3 Å². The number of rotatable bonds is 4. The van der Waals surface area contributed by atoms with Gasteiger partial charge in [-0.15, -0.1) is 0 Å². The van der Waals surface area contributed by atoms with Gasteiger partial charge in [-0.3, -0.25) is 14.5 Å². The number of aromatic amines is 1. The zero-order valence-electron chi connectivity index (χ0n) is 14.7. The zero-order chi connectivity index (χ0) is 17.4. The molecule has 1 aliphatic carbocycles. The maximum Gasteiger partial charge on any atom is 0.252 e. The summed E-state index contributed by atoms with van der Waals surface area (Å²) in [5.41, 5.74) is 4.42. The highest BCUT2D eigenvalue weighted by Gasteiger charge is 2.30. The molecule has 1 atom stereocenters. The SMILES string of the molecule is CCNC(=O)[C@@H]1CCCN1Cc1cc2cc3c(cc2[nH]c1=O)CCC3. The van der Waals surface area contributed by atoms with Crippen molar-refractivity contribution >= 4 is 16.8 Å². The van der Waals surface area contributed by atoms with Gasteiger partial charge in [-0.25, -0.2) is 0 Å². The molecule has 132 valence electrons. The number of hydrogen-bond acceptors (Lipinski definition) is 3. The molecule has 1 aromatic heterocycles. The predicted molar refractivity (Wildman–Crippen MR) is 98.7 cm³/mol. The number of H-pyrrole nitrogens is 1. The Hall–Kier alpha value is -2.14. The van der Waals surface area contributed by atoms with Gasteiger partial charge in [0.2, 0.25) is 5.91 Å². The van der Waals surface area contributed by atoms with E-state index in [1.165, 1.54) is 17.5 Å². The van der Waals surface area contributed by atoms with Crippen LogP contribution in [0.25, 0.3) is 10.9 Å². The van der Waals surface area contributed by atoms with Gasteiger partial charge in [-0.2, -0.15) is 0 Å². The number of benzene rings is 1. The molecule has 25 heavy (non-hydrogen) atoms. The number of carbonyl (C=O) groups is 1. The first-order valence-electron chi connectivity index (χ1n) is 9.35. The lowest BCUT2D eigenvalue weighted by Gasteiger charge is -2.23. The molecule has 2 aromatic rings. The number of aryl methyl sites for hydroxylation is 2. The summed E-state index contributed by atoms with van der Waals surface area (Å²) in [6.45, 7) is 3.97. The summed E-state index contributed by atoms with van der Waals surface area (Å²) in [7, 11) is 0. The Balaban J connectivity index is 1.63. The Morgan fingerprint density at radius 2 is 2.04 bits per heavy atom. The third kappa shape index (κ3) is 3.09. The predicted octanol–water partition coefficient (Wildman–Crippen LogP) is 2.12. The van der Waals surface area contributed by atoms with Crippen molar-refractivity contribution in [2.24, 2.45) is 0 Å². The van der Waals surface area contributed by atoms with E-state index in [1.54, 1.807) is 0 Å². The Labute approximate surface area is 147 Å². The second-order valence-electron chi connectivity index (χ2n) is 7.21. The first kappa shape index (κ1) is 16.3. The van der Waals surface area contributed by atoms with Gasteiger partial charge in [0.1, 0.15) is 0 Å². The summed E-state index contributed by atoms with van der Waals surface area (Å²) in [5.74, 6) is 0.0787. The number of carbonyl (C=O) groups excluding carboxylic acids is 1. The number of pyridine rings is 1. The second kappa shape index (κ2) is 6.64. The van der Waals surface area contributed by atoms with Crippen LogP contribution in [0.15, 0.2) is 23.0 Å². The highest BCUT2D eigenvalue weighted by molar-refractivity contribution is 5.82. The number of fused-ring (bicyclic) bond motifs is 2. The van der Waals surface area contributed by atoms with Gasteiger partial charge in [0, 0.05) is 24.2 Å². The number of amides is 1. The zero-order valence-corrected chi connectivity index (χ0v) is 14.7. The third-order valence-corrected chi connectivity index (χ3v) is 5.52. The standard InChI is InChI=1S/C20H25N3O2/c1-2-21-20(25)18-7-4-8-23(18)12-16-10-15-9-13-5-3-6-14(13)11-17(15)22-19(16)24/h9-11,18H,2-8,12H2,1H3,(H,21,25)(H,22,24)/t18-/m0/s1.